The number of hydrogen-bond acceptors (Lipinski definition) is 2. The molecule has 2 nitrogen and oxygen atoms in total. The fraction of sp³-hybridized carbons (Fsp3) is 0.467. The quantitative estimate of drug-likeness (QED) is 0.478. The van der Waals surface area contributed by atoms with Gasteiger partial charge in [-0.2, -0.15) is 0 Å². The lowest BCUT2D eigenvalue weighted by molar-refractivity contribution is -0.0163. The van der Waals surface area contributed by atoms with Crippen molar-refractivity contribution in [1.82, 2.24) is 0 Å². The number of hydrogen-bond donors (Lipinski definition) is 0. The van der Waals surface area contributed by atoms with Crippen LogP contribution in [-0.2, 0) is 4.74 Å². The van der Waals surface area contributed by atoms with Crippen LogP contribution in [-0.4, -0.2) is 24.7 Å². The molecule has 0 amide bonds. The van der Waals surface area contributed by atoms with Crippen LogP contribution in [0, 0.1) is 17.7 Å². The normalized spacial score (nSPS) is 10.8. The molecule has 1 aromatic carbocycles. The molecule has 0 saturated carbocycles. The molecule has 0 unspecified atom stereocenters. The number of benzene rings is 1. The van der Waals surface area contributed by atoms with E-state index >= 15 is 0 Å². The van der Waals surface area contributed by atoms with Crippen LogP contribution in [0.25, 0.3) is 0 Å². The fourth-order valence-corrected chi connectivity index (χ4v) is 1.43. The van der Waals surface area contributed by atoms with E-state index in [1.165, 1.54) is 12.1 Å². The van der Waals surface area contributed by atoms with Crippen LogP contribution in [0.15, 0.2) is 18.2 Å². The predicted octanol–water partition coefficient (Wildman–Crippen LogP) is 3.61. The van der Waals surface area contributed by atoms with Crippen LogP contribution in [0.3, 0.4) is 0 Å². The average molecular weight is 285 g/mol. The van der Waals surface area contributed by atoms with E-state index in [4.69, 9.17) is 21.1 Å². The van der Waals surface area contributed by atoms with Gasteiger partial charge in [0.25, 0.3) is 0 Å². The first-order valence-electron chi connectivity index (χ1n) is 6.03. The van der Waals surface area contributed by atoms with Gasteiger partial charge in [0.2, 0.25) is 0 Å². The Balaban J connectivity index is 2.56. The molecule has 1 rings (SSSR count). The molecule has 104 valence electrons. The molecule has 0 atom stereocenters. The topological polar surface area (TPSA) is 18.5 Å². The summed E-state index contributed by atoms with van der Waals surface area (Å²) in [6.45, 7) is 6.71. The molecule has 0 bridgehead atoms. The van der Waals surface area contributed by atoms with E-state index in [0.717, 1.165) is 0 Å². The van der Waals surface area contributed by atoms with Gasteiger partial charge >= 0.3 is 0 Å². The predicted molar refractivity (Wildman–Crippen MR) is 75.2 cm³/mol. The van der Waals surface area contributed by atoms with Crippen LogP contribution < -0.4 is 4.74 Å². The van der Waals surface area contributed by atoms with E-state index in [-0.39, 0.29) is 17.3 Å². The van der Waals surface area contributed by atoms with Crippen molar-refractivity contribution in [2.75, 3.05) is 19.1 Å². The second-order valence-corrected chi connectivity index (χ2v) is 5.19. The molecule has 0 aliphatic carbocycles. The summed E-state index contributed by atoms with van der Waals surface area (Å²) in [7, 11) is 0. The molecule has 0 heterocycles. The van der Waals surface area contributed by atoms with Crippen LogP contribution in [0.5, 0.6) is 5.75 Å². The van der Waals surface area contributed by atoms with Crippen molar-refractivity contribution in [3.8, 4) is 17.6 Å². The number of rotatable bonds is 4. The third-order valence-corrected chi connectivity index (χ3v) is 2.19. The molecule has 0 aliphatic rings. The molecule has 0 saturated heterocycles. The molecular formula is C15H18ClFO2. The summed E-state index contributed by atoms with van der Waals surface area (Å²) in [6, 6.07) is 4.35. The molecule has 0 spiro atoms. The Morgan fingerprint density at radius 2 is 1.95 bits per heavy atom. The van der Waals surface area contributed by atoms with Crippen LogP contribution in [0.1, 0.15) is 26.3 Å². The smallest absolute Gasteiger partial charge is 0.128 e. The van der Waals surface area contributed by atoms with E-state index in [1.54, 1.807) is 6.07 Å². The third-order valence-electron chi connectivity index (χ3n) is 2.06. The molecule has 19 heavy (non-hydrogen) atoms. The fourth-order valence-electron chi connectivity index (χ4n) is 1.36. The zero-order valence-corrected chi connectivity index (χ0v) is 12.2. The Hall–Kier alpha value is -1.24. The van der Waals surface area contributed by atoms with E-state index in [0.29, 0.717) is 24.5 Å². The Morgan fingerprint density at radius 1 is 1.21 bits per heavy atom. The van der Waals surface area contributed by atoms with E-state index in [2.05, 4.69) is 11.8 Å². The average Bonchev–Trinajstić information content (AvgIpc) is 2.30. The van der Waals surface area contributed by atoms with Crippen molar-refractivity contribution >= 4 is 11.6 Å². The summed E-state index contributed by atoms with van der Waals surface area (Å²) >= 11 is 5.46. The maximum Gasteiger partial charge on any atom is 0.128 e. The second-order valence-electron chi connectivity index (χ2n) is 4.92. The summed E-state index contributed by atoms with van der Waals surface area (Å²) in [6.07, 6.45) is 0. The van der Waals surface area contributed by atoms with Crippen LogP contribution in [0.4, 0.5) is 4.39 Å². The Morgan fingerprint density at radius 3 is 2.58 bits per heavy atom. The molecule has 0 N–H and O–H groups in total. The van der Waals surface area contributed by atoms with Gasteiger partial charge in [0, 0.05) is 11.6 Å². The Kier molecular flexibility index (Phi) is 6.14. The minimum atomic E-state index is -0.381. The van der Waals surface area contributed by atoms with Gasteiger partial charge in [-0.3, -0.25) is 0 Å². The largest absolute Gasteiger partial charge is 0.491 e. The first kappa shape index (κ1) is 15.8. The molecule has 0 aliphatic heterocycles. The SMILES string of the molecule is CC(C)(C)OCCOc1cc(F)cc(C#CCCl)c1. The van der Waals surface area contributed by atoms with Crippen molar-refractivity contribution in [3.63, 3.8) is 0 Å². The van der Waals surface area contributed by atoms with Crippen molar-refractivity contribution in [2.24, 2.45) is 0 Å². The van der Waals surface area contributed by atoms with E-state index in [9.17, 15) is 4.39 Å². The van der Waals surface area contributed by atoms with Crippen molar-refractivity contribution in [1.29, 1.82) is 0 Å². The molecule has 4 heteroatoms. The van der Waals surface area contributed by atoms with Crippen LogP contribution >= 0.6 is 11.6 Å². The van der Waals surface area contributed by atoms with Gasteiger partial charge in [-0.25, -0.2) is 4.39 Å². The van der Waals surface area contributed by atoms with Gasteiger partial charge in [0.15, 0.2) is 0 Å². The summed E-state index contributed by atoms with van der Waals surface area (Å²) < 4.78 is 24.3. The maximum absolute atomic E-state index is 13.3. The lowest BCUT2D eigenvalue weighted by Crippen LogP contribution is -2.22. The molecule has 0 aromatic heterocycles. The highest BCUT2D eigenvalue weighted by atomic mass is 35.5. The van der Waals surface area contributed by atoms with Gasteiger partial charge in [0.1, 0.15) is 18.2 Å². The van der Waals surface area contributed by atoms with Crippen molar-refractivity contribution in [2.45, 2.75) is 26.4 Å². The molecule has 0 fully saturated rings. The first-order chi connectivity index (χ1) is 8.90. The number of alkyl halides is 1. The third kappa shape index (κ3) is 7.05. The van der Waals surface area contributed by atoms with E-state index in [1.807, 2.05) is 20.8 Å². The monoisotopic (exact) mass is 284 g/mol. The van der Waals surface area contributed by atoms with Crippen molar-refractivity contribution in [3.05, 3.63) is 29.6 Å². The lowest BCUT2D eigenvalue weighted by atomic mass is 10.2. The van der Waals surface area contributed by atoms with Crippen molar-refractivity contribution < 1.29 is 13.9 Å². The Labute approximate surface area is 118 Å². The molecule has 0 radical (unpaired) electrons. The van der Waals surface area contributed by atoms with E-state index < -0.39 is 0 Å². The van der Waals surface area contributed by atoms with Gasteiger partial charge in [-0.05, 0) is 32.9 Å². The zero-order chi connectivity index (χ0) is 14.3. The molecular weight excluding hydrogens is 267 g/mol. The lowest BCUT2D eigenvalue weighted by Gasteiger charge is -2.19. The highest BCUT2D eigenvalue weighted by Crippen LogP contribution is 2.16. The summed E-state index contributed by atoms with van der Waals surface area (Å²) in [5, 5.41) is 0. The number of ether oxygens (including phenoxy) is 2. The highest BCUT2D eigenvalue weighted by Gasteiger charge is 2.09. The second kappa shape index (κ2) is 7.37. The minimum absolute atomic E-state index is 0.206. The summed E-state index contributed by atoms with van der Waals surface area (Å²) in [5.74, 6) is 5.71. The van der Waals surface area contributed by atoms with Crippen LogP contribution in [0.2, 0.25) is 0 Å². The van der Waals surface area contributed by atoms with Gasteiger partial charge in [0.05, 0.1) is 18.1 Å². The number of halogens is 2. The van der Waals surface area contributed by atoms with Gasteiger partial charge < -0.3 is 9.47 Å². The standard InChI is InChI=1S/C15H18ClFO2/c1-15(2,3)19-8-7-18-14-10-12(5-4-6-16)9-13(17)11-14/h9-11H,6-8H2,1-3H3. The molecule has 1 aromatic rings. The zero-order valence-electron chi connectivity index (χ0n) is 11.4. The van der Waals surface area contributed by atoms with Gasteiger partial charge in [-0.1, -0.05) is 11.8 Å². The highest BCUT2D eigenvalue weighted by molar-refractivity contribution is 6.19. The van der Waals surface area contributed by atoms with Gasteiger partial charge in [-0.15, -0.1) is 11.6 Å². The first-order valence-corrected chi connectivity index (χ1v) is 6.56. The Bertz CT molecular complexity index is 469. The summed E-state index contributed by atoms with van der Waals surface area (Å²) in [4.78, 5) is 0. The summed E-state index contributed by atoms with van der Waals surface area (Å²) in [5.41, 5.74) is 0.342. The minimum Gasteiger partial charge on any atom is -0.491 e. The maximum atomic E-state index is 13.3.